The average Bonchev–Trinajstić information content (AvgIpc) is 3.06. The van der Waals surface area contributed by atoms with Crippen molar-refractivity contribution in [1.29, 1.82) is 0 Å². The van der Waals surface area contributed by atoms with Gasteiger partial charge in [0, 0.05) is 18.6 Å². The summed E-state index contributed by atoms with van der Waals surface area (Å²) in [7, 11) is 0. The summed E-state index contributed by atoms with van der Waals surface area (Å²) in [6.07, 6.45) is 10.8. The van der Waals surface area contributed by atoms with Crippen molar-refractivity contribution in [2.75, 3.05) is 6.54 Å². The highest BCUT2D eigenvalue weighted by atomic mass is 16.5. The van der Waals surface area contributed by atoms with Crippen molar-refractivity contribution in [3.63, 3.8) is 0 Å². The maximum absolute atomic E-state index is 13.7. The van der Waals surface area contributed by atoms with Crippen LogP contribution in [0.2, 0.25) is 0 Å². The van der Waals surface area contributed by atoms with Crippen molar-refractivity contribution in [3.05, 3.63) is 12.2 Å². The van der Waals surface area contributed by atoms with E-state index in [-0.39, 0.29) is 29.8 Å². The summed E-state index contributed by atoms with van der Waals surface area (Å²) in [4.78, 5) is 42.2. The number of fused-ring (bicyclic) bond motifs is 1. The predicted octanol–water partition coefficient (Wildman–Crippen LogP) is 1.91. The van der Waals surface area contributed by atoms with E-state index in [0.717, 1.165) is 44.9 Å². The molecular weight excluding hydrogens is 394 g/mol. The van der Waals surface area contributed by atoms with E-state index in [1.807, 2.05) is 19.1 Å². The molecule has 0 aromatic carbocycles. The second kappa shape index (κ2) is 7.32. The highest BCUT2D eigenvalue weighted by Gasteiger charge is 2.76. The molecule has 5 unspecified atom stereocenters. The van der Waals surface area contributed by atoms with Crippen LogP contribution in [0.25, 0.3) is 0 Å². The van der Waals surface area contributed by atoms with E-state index in [4.69, 9.17) is 4.74 Å². The lowest BCUT2D eigenvalue weighted by Gasteiger charge is -2.34. The summed E-state index contributed by atoms with van der Waals surface area (Å²) in [6, 6.07) is -0.344. The van der Waals surface area contributed by atoms with Gasteiger partial charge in [0.15, 0.2) is 0 Å². The minimum atomic E-state index is -1.06. The topological polar surface area (TPSA) is 87.7 Å². The average molecular weight is 430 g/mol. The molecule has 2 bridgehead atoms. The molecule has 5 atom stereocenters. The number of carbonyl (C=O) groups is 3. The van der Waals surface area contributed by atoms with Gasteiger partial charge < -0.3 is 20.3 Å². The molecular formula is C24H35N3O4. The van der Waals surface area contributed by atoms with Crippen LogP contribution in [0.15, 0.2) is 12.2 Å². The second-order valence-corrected chi connectivity index (χ2v) is 10.8. The van der Waals surface area contributed by atoms with E-state index >= 15 is 0 Å². The fraction of sp³-hybridized carbons (Fsp3) is 0.792. The molecule has 2 aliphatic carbocycles. The molecule has 1 spiro atoms. The van der Waals surface area contributed by atoms with Crippen molar-refractivity contribution in [2.45, 2.75) is 95.0 Å². The van der Waals surface area contributed by atoms with Gasteiger partial charge in [-0.1, -0.05) is 38.8 Å². The first-order chi connectivity index (χ1) is 14.7. The fourth-order valence-corrected chi connectivity index (χ4v) is 6.14. The monoisotopic (exact) mass is 429 g/mol. The van der Waals surface area contributed by atoms with Crippen molar-refractivity contribution < 1.29 is 19.1 Å². The molecule has 7 nitrogen and oxygen atoms in total. The summed E-state index contributed by atoms with van der Waals surface area (Å²) in [6.45, 7) is 6.61. The molecule has 0 radical (unpaired) electrons. The number of likely N-dealkylation sites (tertiary alicyclic amines) is 1. The number of carbonyl (C=O) groups excluding carboxylic acids is 3. The van der Waals surface area contributed by atoms with Gasteiger partial charge in [-0.3, -0.25) is 14.4 Å². The Morgan fingerprint density at radius 3 is 2.39 bits per heavy atom. The van der Waals surface area contributed by atoms with Gasteiger partial charge in [0.05, 0.1) is 17.4 Å². The largest absolute Gasteiger partial charge is 0.356 e. The van der Waals surface area contributed by atoms with Crippen molar-refractivity contribution in [1.82, 2.24) is 15.5 Å². The molecule has 0 aromatic heterocycles. The van der Waals surface area contributed by atoms with Crippen LogP contribution in [0, 0.1) is 17.8 Å². The van der Waals surface area contributed by atoms with Crippen LogP contribution in [0.1, 0.15) is 65.7 Å². The summed E-state index contributed by atoms with van der Waals surface area (Å²) < 4.78 is 6.52. The Labute approximate surface area is 184 Å². The molecule has 170 valence electrons. The van der Waals surface area contributed by atoms with E-state index in [1.54, 1.807) is 4.90 Å². The number of nitrogens with one attached hydrogen (secondary N) is 2. The smallest absolute Gasteiger partial charge is 0.246 e. The molecule has 2 saturated carbocycles. The van der Waals surface area contributed by atoms with Crippen LogP contribution in [-0.2, 0) is 19.1 Å². The number of amides is 3. The lowest BCUT2D eigenvalue weighted by atomic mass is 9.70. The van der Waals surface area contributed by atoms with Gasteiger partial charge >= 0.3 is 0 Å². The van der Waals surface area contributed by atoms with Crippen LogP contribution in [0.4, 0.5) is 0 Å². The van der Waals surface area contributed by atoms with Crippen LogP contribution >= 0.6 is 0 Å². The maximum atomic E-state index is 13.7. The number of nitrogens with zero attached hydrogens (tertiary/aromatic N) is 1. The van der Waals surface area contributed by atoms with Crippen molar-refractivity contribution >= 4 is 17.7 Å². The third-order valence-electron chi connectivity index (χ3n) is 7.90. The van der Waals surface area contributed by atoms with Gasteiger partial charge in [-0.25, -0.2) is 0 Å². The molecule has 7 heteroatoms. The zero-order valence-corrected chi connectivity index (χ0v) is 18.9. The first-order valence-corrected chi connectivity index (χ1v) is 12.1. The second-order valence-electron chi connectivity index (χ2n) is 10.8. The van der Waals surface area contributed by atoms with E-state index in [0.29, 0.717) is 12.5 Å². The van der Waals surface area contributed by atoms with Gasteiger partial charge in [0.1, 0.15) is 11.6 Å². The van der Waals surface area contributed by atoms with Gasteiger partial charge in [0.25, 0.3) is 0 Å². The Balaban J connectivity index is 1.48. The van der Waals surface area contributed by atoms with E-state index in [2.05, 4.69) is 24.5 Å². The number of ether oxygens (including phenoxy) is 1. The van der Waals surface area contributed by atoms with Crippen LogP contribution in [-0.4, -0.2) is 58.5 Å². The summed E-state index contributed by atoms with van der Waals surface area (Å²) in [5.41, 5.74) is -1.91. The lowest BCUT2D eigenvalue weighted by molar-refractivity contribution is -0.145. The van der Waals surface area contributed by atoms with Crippen molar-refractivity contribution in [3.8, 4) is 0 Å². The quantitative estimate of drug-likeness (QED) is 0.605. The standard InChI is InChI=1S/C24H35N3O4/c1-14(2)10-13-27-19(21(29)26-15-6-4-5-7-15)24-12-11-23(3,31-24)17(18(24)22(27)30)20(28)25-16-8-9-16/h11-12,14-19H,4-10,13H2,1-3H3,(H,25,28)(H,26,29). The Morgan fingerprint density at radius 2 is 1.74 bits per heavy atom. The molecule has 5 rings (SSSR count). The molecule has 4 fully saturated rings. The summed E-state index contributed by atoms with van der Waals surface area (Å²) in [5, 5.41) is 6.28. The van der Waals surface area contributed by atoms with Crippen LogP contribution < -0.4 is 10.6 Å². The van der Waals surface area contributed by atoms with E-state index < -0.39 is 29.1 Å². The minimum absolute atomic E-state index is 0.115. The van der Waals surface area contributed by atoms with E-state index in [9.17, 15) is 14.4 Å². The van der Waals surface area contributed by atoms with Crippen LogP contribution in [0.5, 0.6) is 0 Å². The van der Waals surface area contributed by atoms with Gasteiger partial charge in [0.2, 0.25) is 17.7 Å². The molecule has 0 aromatic rings. The number of rotatable bonds is 7. The summed E-state index contributed by atoms with van der Waals surface area (Å²) >= 11 is 0. The normalized spacial score (nSPS) is 38.9. The maximum Gasteiger partial charge on any atom is 0.246 e. The highest BCUT2D eigenvalue weighted by molar-refractivity contribution is 6.00. The number of hydrogen-bond acceptors (Lipinski definition) is 4. The van der Waals surface area contributed by atoms with Crippen molar-refractivity contribution in [2.24, 2.45) is 17.8 Å². The molecule has 3 aliphatic heterocycles. The fourth-order valence-electron chi connectivity index (χ4n) is 6.14. The molecule has 3 amide bonds. The predicted molar refractivity (Wildman–Crippen MR) is 115 cm³/mol. The SMILES string of the molecule is CC(C)CCN1C(=O)C2C(C(=O)NC3CC3)C3(C)C=CC2(O3)C1C(=O)NC1CCCC1. The zero-order chi connectivity index (χ0) is 22.0. The van der Waals surface area contributed by atoms with Gasteiger partial charge in [-0.2, -0.15) is 0 Å². The molecule has 2 saturated heterocycles. The highest BCUT2D eigenvalue weighted by Crippen LogP contribution is 2.59. The molecule has 3 heterocycles. The molecule has 5 aliphatic rings. The lowest BCUT2D eigenvalue weighted by Crippen LogP contribution is -2.56. The van der Waals surface area contributed by atoms with E-state index in [1.165, 1.54) is 0 Å². The summed E-state index contributed by atoms with van der Waals surface area (Å²) in [5.74, 6) is -1.21. The Hall–Kier alpha value is -1.89. The zero-order valence-electron chi connectivity index (χ0n) is 18.9. The number of hydrogen-bond donors (Lipinski definition) is 2. The molecule has 2 N–H and O–H groups in total. The minimum Gasteiger partial charge on any atom is -0.356 e. The molecule has 31 heavy (non-hydrogen) atoms. The first kappa shape index (κ1) is 21.0. The Morgan fingerprint density at radius 1 is 1.10 bits per heavy atom. The Bertz CT molecular complexity index is 816. The third-order valence-corrected chi connectivity index (χ3v) is 7.90. The first-order valence-electron chi connectivity index (χ1n) is 12.1. The third kappa shape index (κ3) is 3.31. The Kier molecular flexibility index (Phi) is 4.96. The van der Waals surface area contributed by atoms with Crippen LogP contribution in [0.3, 0.4) is 0 Å². The van der Waals surface area contributed by atoms with Gasteiger partial charge in [-0.15, -0.1) is 0 Å². The van der Waals surface area contributed by atoms with Gasteiger partial charge in [-0.05, 0) is 44.9 Å².